The Hall–Kier alpha value is -3.16. The number of nitrogens with zero attached hydrogens (tertiary/aromatic N) is 2. The summed E-state index contributed by atoms with van der Waals surface area (Å²) in [4.78, 5) is 15.0. The van der Waals surface area contributed by atoms with Crippen molar-refractivity contribution in [1.29, 1.82) is 0 Å². The van der Waals surface area contributed by atoms with Crippen LogP contribution in [0.4, 0.5) is 5.69 Å². The Kier molecular flexibility index (Phi) is 8.35. The van der Waals surface area contributed by atoms with E-state index in [0.29, 0.717) is 5.69 Å². The monoisotopic (exact) mass is 494 g/mol. The fraction of sp³-hybridized carbons (Fsp3) is 0.321. The van der Waals surface area contributed by atoms with E-state index in [0.717, 1.165) is 21.0 Å². The quantitative estimate of drug-likeness (QED) is 0.475. The Morgan fingerprint density at radius 1 is 0.886 bits per heavy atom. The average Bonchev–Trinajstić information content (AvgIpc) is 2.83. The van der Waals surface area contributed by atoms with Crippen molar-refractivity contribution in [1.82, 2.24) is 4.90 Å². The molecular weight excluding hydrogens is 460 g/mol. The summed E-state index contributed by atoms with van der Waals surface area (Å²) in [7, 11) is -4.02. The number of aryl methyl sites for hydroxylation is 1. The molecule has 6 nitrogen and oxygen atoms in total. The molecule has 0 aliphatic heterocycles. The van der Waals surface area contributed by atoms with E-state index < -0.39 is 15.9 Å². The molecule has 0 atom stereocenters. The van der Waals surface area contributed by atoms with Crippen LogP contribution in [0.2, 0.25) is 0 Å². The second-order valence-electron chi connectivity index (χ2n) is 9.65. The predicted molar refractivity (Wildman–Crippen MR) is 140 cm³/mol. The molecule has 3 aromatic carbocycles. The molecule has 0 aromatic heterocycles. The fourth-order valence-corrected chi connectivity index (χ4v) is 5.13. The number of sulfonamides is 1. The molecule has 0 unspecified atom stereocenters. The summed E-state index contributed by atoms with van der Waals surface area (Å²) in [5.41, 5.74) is 3.20. The summed E-state index contributed by atoms with van der Waals surface area (Å²) in [5, 5.41) is 9.55. The van der Waals surface area contributed by atoms with Gasteiger partial charge < -0.3 is 10.0 Å². The molecule has 0 heterocycles. The van der Waals surface area contributed by atoms with E-state index in [1.54, 1.807) is 24.3 Å². The van der Waals surface area contributed by atoms with Gasteiger partial charge in [0, 0.05) is 13.1 Å². The normalized spacial score (nSPS) is 11.8. The Labute approximate surface area is 208 Å². The van der Waals surface area contributed by atoms with Crippen molar-refractivity contribution in [2.24, 2.45) is 0 Å². The van der Waals surface area contributed by atoms with Gasteiger partial charge in [0.2, 0.25) is 5.91 Å². The molecule has 0 saturated heterocycles. The summed E-state index contributed by atoms with van der Waals surface area (Å²) >= 11 is 0. The van der Waals surface area contributed by atoms with Gasteiger partial charge in [-0.05, 0) is 47.7 Å². The second-order valence-corrected chi connectivity index (χ2v) is 11.5. The molecule has 0 radical (unpaired) electrons. The highest BCUT2D eigenvalue weighted by molar-refractivity contribution is 7.92. The summed E-state index contributed by atoms with van der Waals surface area (Å²) < 4.78 is 28.7. The molecule has 186 valence electrons. The molecule has 1 amide bonds. The highest BCUT2D eigenvalue weighted by Gasteiger charge is 2.29. The van der Waals surface area contributed by atoms with Gasteiger partial charge in [-0.2, -0.15) is 0 Å². The average molecular weight is 495 g/mol. The van der Waals surface area contributed by atoms with E-state index in [-0.39, 0.29) is 36.6 Å². The number of carbonyl (C=O) groups excluding carboxylic acids is 1. The minimum absolute atomic E-state index is 0.107. The van der Waals surface area contributed by atoms with Crippen molar-refractivity contribution in [3.63, 3.8) is 0 Å². The van der Waals surface area contributed by atoms with Crippen LogP contribution in [0.25, 0.3) is 0 Å². The number of carbonyl (C=O) groups is 1. The number of aliphatic hydroxyl groups excluding tert-OH is 1. The highest BCUT2D eigenvalue weighted by atomic mass is 32.2. The van der Waals surface area contributed by atoms with E-state index >= 15 is 0 Å². The molecule has 35 heavy (non-hydrogen) atoms. The zero-order valence-corrected chi connectivity index (χ0v) is 21.6. The first-order valence-corrected chi connectivity index (χ1v) is 13.1. The van der Waals surface area contributed by atoms with Crippen molar-refractivity contribution >= 4 is 21.6 Å². The maximum atomic E-state index is 13.8. The highest BCUT2D eigenvalue weighted by Crippen LogP contribution is 2.27. The van der Waals surface area contributed by atoms with Crippen molar-refractivity contribution in [3.05, 3.63) is 95.6 Å². The van der Waals surface area contributed by atoms with Crippen molar-refractivity contribution in [2.45, 2.75) is 44.6 Å². The van der Waals surface area contributed by atoms with Crippen LogP contribution in [0.15, 0.2) is 83.8 Å². The largest absolute Gasteiger partial charge is 0.395 e. The number of aliphatic hydroxyl groups is 1. The van der Waals surface area contributed by atoms with Gasteiger partial charge in [0.25, 0.3) is 10.0 Å². The molecule has 0 bridgehead atoms. The lowest BCUT2D eigenvalue weighted by atomic mass is 9.87. The lowest BCUT2D eigenvalue weighted by molar-refractivity contribution is -0.130. The maximum Gasteiger partial charge on any atom is 0.264 e. The van der Waals surface area contributed by atoms with Gasteiger partial charge in [0.05, 0.1) is 17.2 Å². The van der Waals surface area contributed by atoms with Crippen LogP contribution in [-0.4, -0.2) is 44.0 Å². The first-order valence-electron chi connectivity index (χ1n) is 11.6. The molecule has 0 saturated carbocycles. The standard InChI is InChI=1S/C28H34N2O4S/c1-22-10-14-25(15-11-22)30(35(33,34)26-16-12-24(13-17-26)28(2,3)4)21-27(32)29(18-19-31)20-23-8-6-5-7-9-23/h5-17,31H,18-21H2,1-4H3. The van der Waals surface area contributed by atoms with Crippen molar-refractivity contribution in [3.8, 4) is 0 Å². The first-order chi connectivity index (χ1) is 16.5. The number of anilines is 1. The van der Waals surface area contributed by atoms with Crippen LogP contribution in [0.1, 0.15) is 37.5 Å². The lowest BCUT2D eigenvalue weighted by Crippen LogP contribution is -2.43. The number of hydrogen-bond acceptors (Lipinski definition) is 4. The Bertz CT molecular complexity index is 1220. The van der Waals surface area contributed by atoms with E-state index in [1.807, 2.05) is 61.5 Å². The first kappa shape index (κ1) is 26.4. The van der Waals surface area contributed by atoms with Gasteiger partial charge in [-0.15, -0.1) is 0 Å². The van der Waals surface area contributed by atoms with Crippen LogP contribution in [0.5, 0.6) is 0 Å². The van der Waals surface area contributed by atoms with Gasteiger partial charge in [-0.1, -0.05) is 80.9 Å². The van der Waals surface area contributed by atoms with Crippen molar-refractivity contribution in [2.75, 3.05) is 24.0 Å². The third kappa shape index (κ3) is 6.71. The summed E-state index contributed by atoms with van der Waals surface area (Å²) in [6, 6.07) is 23.3. The molecule has 0 fully saturated rings. The number of rotatable bonds is 9. The molecule has 0 spiro atoms. The summed E-state index contributed by atoms with van der Waals surface area (Å²) in [6.07, 6.45) is 0. The van der Waals surface area contributed by atoms with E-state index in [9.17, 15) is 18.3 Å². The minimum atomic E-state index is -4.02. The zero-order chi connectivity index (χ0) is 25.6. The molecule has 0 aliphatic carbocycles. The predicted octanol–water partition coefficient (Wildman–Crippen LogP) is 4.51. The lowest BCUT2D eigenvalue weighted by Gasteiger charge is -2.29. The van der Waals surface area contributed by atoms with Crippen LogP contribution < -0.4 is 4.31 Å². The summed E-state index contributed by atoms with van der Waals surface area (Å²) in [5.74, 6) is -0.390. The number of amides is 1. The van der Waals surface area contributed by atoms with Crippen LogP contribution in [0, 0.1) is 6.92 Å². The van der Waals surface area contributed by atoms with Crippen LogP contribution >= 0.6 is 0 Å². The van der Waals surface area contributed by atoms with Gasteiger partial charge in [0.15, 0.2) is 0 Å². The van der Waals surface area contributed by atoms with E-state index in [4.69, 9.17) is 0 Å². The molecule has 1 N–H and O–H groups in total. The smallest absolute Gasteiger partial charge is 0.264 e. The third-order valence-electron chi connectivity index (χ3n) is 5.85. The number of benzene rings is 3. The van der Waals surface area contributed by atoms with Gasteiger partial charge in [-0.3, -0.25) is 9.10 Å². The SMILES string of the molecule is Cc1ccc(N(CC(=O)N(CCO)Cc2ccccc2)S(=O)(=O)c2ccc(C(C)(C)C)cc2)cc1. The number of hydrogen-bond donors (Lipinski definition) is 1. The fourth-order valence-electron chi connectivity index (χ4n) is 3.72. The second kappa shape index (κ2) is 11.1. The topological polar surface area (TPSA) is 77.9 Å². The van der Waals surface area contributed by atoms with E-state index in [1.165, 1.54) is 4.90 Å². The van der Waals surface area contributed by atoms with Gasteiger partial charge in [0.1, 0.15) is 6.54 Å². The molecule has 7 heteroatoms. The maximum absolute atomic E-state index is 13.8. The Morgan fingerprint density at radius 2 is 1.49 bits per heavy atom. The third-order valence-corrected chi connectivity index (χ3v) is 7.64. The summed E-state index contributed by atoms with van der Waals surface area (Å²) in [6.45, 7) is 7.91. The van der Waals surface area contributed by atoms with Crippen LogP contribution in [0.3, 0.4) is 0 Å². The van der Waals surface area contributed by atoms with Gasteiger partial charge in [-0.25, -0.2) is 8.42 Å². The molecular formula is C28H34N2O4S. The zero-order valence-electron chi connectivity index (χ0n) is 20.8. The molecule has 0 aliphatic rings. The molecule has 3 rings (SSSR count). The van der Waals surface area contributed by atoms with Gasteiger partial charge >= 0.3 is 0 Å². The van der Waals surface area contributed by atoms with E-state index in [2.05, 4.69) is 20.8 Å². The Balaban J connectivity index is 1.96. The minimum Gasteiger partial charge on any atom is -0.395 e. The van der Waals surface area contributed by atoms with Crippen LogP contribution in [-0.2, 0) is 26.8 Å². The Morgan fingerprint density at radius 3 is 2.03 bits per heavy atom. The van der Waals surface area contributed by atoms with Crippen molar-refractivity contribution < 1.29 is 18.3 Å². The molecule has 3 aromatic rings.